The number of hydrogen-bond donors (Lipinski definition) is 7. The molecule has 24 nitrogen and oxygen atoms in total. The van der Waals surface area contributed by atoms with Crippen LogP contribution in [0.2, 0.25) is 0 Å². The van der Waals surface area contributed by atoms with E-state index in [9.17, 15) is 43.1 Å². The topological polar surface area (TPSA) is 313 Å². The number of aromatic nitrogens is 2. The van der Waals surface area contributed by atoms with Gasteiger partial charge in [0, 0.05) is 109 Å². The molecule has 1 aromatic heterocycles. The van der Waals surface area contributed by atoms with Gasteiger partial charge in [-0.3, -0.25) is 43.0 Å². The zero-order valence-electron chi connectivity index (χ0n) is 54.3. The van der Waals surface area contributed by atoms with Gasteiger partial charge in [0.15, 0.2) is 0 Å². The van der Waals surface area contributed by atoms with Gasteiger partial charge < -0.3 is 64.1 Å². The van der Waals surface area contributed by atoms with E-state index in [1.807, 2.05) is 63.4 Å². The summed E-state index contributed by atoms with van der Waals surface area (Å²) in [6.07, 6.45) is 1.09. The Kier molecular flexibility index (Phi) is 28.6. The lowest BCUT2D eigenvalue weighted by Gasteiger charge is -2.22. The number of benzene rings is 4. The number of phosphoric ester groups is 1. The minimum Gasteiger partial charge on any atom is -0.490 e. The van der Waals surface area contributed by atoms with Crippen LogP contribution in [0.3, 0.4) is 0 Å². The van der Waals surface area contributed by atoms with Crippen LogP contribution in [0.5, 0.6) is 5.75 Å². The number of amides is 4. The van der Waals surface area contributed by atoms with E-state index >= 15 is 0 Å². The number of nitrogens with zero attached hydrogens (tertiary/aromatic N) is 3. The van der Waals surface area contributed by atoms with Crippen LogP contribution >= 0.6 is 51.0 Å². The van der Waals surface area contributed by atoms with Crippen molar-refractivity contribution in [3.63, 3.8) is 0 Å². The van der Waals surface area contributed by atoms with Gasteiger partial charge in [-0.25, -0.2) is 9.36 Å². The van der Waals surface area contributed by atoms with E-state index in [-0.39, 0.29) is 92.4 Å². The fraction of sp³-hybridized carbons (Fsp3) is 0.462. The molecule has 0 spiro atoms. The van der Waals surface area contributed by atoms with Crippen molar-refractivity contribution in [2.24, 2.45) is 4.99 Å². The lowest BCUT2D eigenvalue weighted by atomic mass is 9.89. The third-order valence-corrected chi connectivity index (χ3v) is 20.2. The lowest BCUT2D eigenvalue weighted by Crippen LogP contribution is -2.35. The second-order valence-corrected chi connectivity index (χ2v) is 29.9. The second-order valence-electron chi connectivity index (χ2n) is 22.7. The quantitative estimate of drug-likeness (QED) is 0.00506. The van der Waals surface area contributed by atoms with E-state index in [0.29, 0.717) is 47.7 Å². The summed E-state index contributed by atoms with van der Waals surface area (Å²) in [6, 6.07) is 22.5. The molecule has 1 aliphatic carbocycles. The fourth-order valence-corrected chi connectivity index (χ4v) is 13.8. The number of H-pyrrole nitrogens is 1. The van der Waals surface area contributed by atoms with Crippen molar-refractivity contribution < 1.29 is 66.2 Å². The Labute approximate surface area is 562 Å². The number of carbonyl (C=O) groups excluding carboxylic acids is 4. The van der Waals surface area contributed by atoms with Gasteiger partial charge in [-0.15, -0.1) is 0 Å². The van der Waals surface area contributed by atoms with Gasteiger partial charge in [-0.05, 0) is 100 Å². The molecule has 4 amide bonds. The summed E-state index contributed by atoms with van der Waals surface area (Å²) in [4.78, 5) is 106. The number of anilines is 1. The van der Waals surface area contributed by atoms with Crippen LogP contribution in [-0.2, 0) is 37.6 Å². The molecule has 3 aliphatic rings. The molecular formula is C65H83N8O16PS4. The molecule has 2 unspecified atom stereocenters. The van der Waals surface area contributed by atoms with Crippen LogP contribution in [0, 0.1) is 25.7 Å². The lowest BCUT2D eigenvalue weighted by molar-refractivity contribution is -0.126. The molecule has 7 N–H and O–H groups in total. The average Bonchev–Trinajstić information content (AvgIpc) is 0.897. The van der Waals surface area contributed by atoms with E-state index in [1.54, 1.807) is 53.9 Å². The third-order valence-electron chi connectivity index (χ3n) is 14.2. The van der Waals surface area contributed by atoms with Gasteiger partial charge in [-0.1, -0.05) is 100 Å². The monoisotopic (exact) mass is 1390 g/mol. The number of rotatable bonds is 33. The first-order valence-electron chi connectivity index (χ1n) is 30.6. The maximum Gasteiger partial charge on any atom is 0.469 e. The highest BCUT2D eigenvalue weighted by Gasteiger charge is 2.40. The fourth-order valence-electron chi connectivity index (χ4n) is 9.90. The number of aromatic amines is 1. The number of fused-ring (bicyclic) bond motifs is 2. The number of nitrogens with one attached hydrogen (secondary N) is 5. The first-order chi connectivity index (χ1) is 44.8. The number of hydrogen-bond acceptors (Lipinski definition) is 20. The second kappa shape index (κ2) is 36.0. The van der Waals surface area contributed by atoms with Gasteiger partial charge in [0.1, 0.15) is 59.1 Å². The summed E-state index contributed by atoms with van der Waals surface area (Å²) in [7, 11) is 2.84. The number of carbonyl (C=O) groups is 4. The van der Waals surface area contributed by atoms with Gasteiger partial charge >= 0.3 is 13.5 Å². The Morgan fingerprint density at radius 1 is 0.947 bits per heavy atom. The summed E-state index contributed by atoms with van der Waals surface area (Å²) in [5, 5.41) is 13.5. The first-order valence-corrected chi connectivity index (χ1v) is 37.0. The predicted molar refractivity (Wildman–Crippen MR) is 370 cm³/mol. The molecule has 5 atom stereocenters. The Bertz CT molecular complexity index is 3880. The molecule has 2 aliphatic heterocycles. The third kappa shape index (κ3) is 22.5. The van der Waals surface area contributed by atoms with Gasteiger partial charge in [-0.2, -0.15) is 0 Å². The minimum atomic E-state index is -4.84. The van der Waals surface area contributed by atoms with E-state index < -0.39 is 55.5 Å². The smallest absolute Gasteiger partial charge is 0.469 e. The maximum atomic E-state index is 14.3. The van der Waals surface area contributed by atoms with E-state index in [4.69, 9.17) is 33.1 Å². The van der Waals surface area contributed by atoms with Crippen molar-refractivity contribution in [1.29, 1.82) is 0 Å². The van der Waals surface area contributed by atoms with Gasteiger partial charge in [0.05, 0.1) is 37.8 Å². The van der Waals surface area contributed by atoms with Crippen LogP contribution in [0.15, 0.2) is 98.0 Å². The molecule has 4 aromatic rings. The van der Waals surface area contributed by atoms with Gasteiger partial charge in [0.2, 0.25) is 11.8 Å². The first kappa shape index (κ1) is 74.8. The molecule has 0 radical (unpaired) electrons. The number of aryl methyl sites for hydroxylation is 2. The molecular weight excluding hydrogens is 1310 g/mol. The average molecular weight is 1390 g/mol. The largest absolute Gasteiger partial charge is 0.490 e. The summed E-state index contributed by atoms with van der Waals surface area (Å²) in [6.45, 7) is 17.5. The van der Waals surface area contributed by atoms with Crippen molar-refractivity contribution >= 4 is 91.3 Å². The van der Waals surface area contributed by atoms with Crippen LogP contribution in [0.1, 0.15) is 104 Å². The molecule has 7 rings (SSSR count). The standard InChI is InChI=1S/C65H83N8O16PS4/c1-11-66-50-33-52-48(30-40(50)3)60(49-31-41(4)51(67-12-2)34-53(49)88-52)46-21-13-14-22-47(46)63(78)72(9)27-17-23-56(74)69-25-26-70-61(76)43-18-15-20-45(32-43)85-39-59(93-94-65(6,7)8)84-29-28-83-38-57(75)68-24-16-19-44-36-73(64(79)71-62(44)77)58-35-54(87-42(5)92-91-10)55(89-58)37-86-90(80,81)82/h13-15,18,20-22,30-34,36,42,54-55,58-59,66H,11-12,17,23-29,35,37-39H2,1-10H3,(H,68,75)(H,69,74)(H,70,76)(H,71,77,79)(H2,80,81,82)/t42-,54?,55+,58+,59?/m0/s1. The Hall–Kier alpha value is -6.58. The highest BCUT2D eigenvalue weighted by molar-refractivity contribution is 8.77. The summed E-state index contributed by atoms with van der Waals surface area (Å²) >= 11 is 0. The van der Waals surface area contributed by atoms with E-state index in [1.165, 1.54) is 38.6 Å². The van der Waals surface area contributed by atoms with Crippen molar-refractivity contribution in [1.82, 2.24) is 30.4 Å². The van der Waals surface area contributed by atoms with Crippen LogP contribution in [0.4, 0.5) is 5.69 Å². The van der Waals surface area contributed by atoms with Crippen LogP contribution in [-0.4, -0.2) is 161 Å². The summed E-state index contributed by atoms with van der Waals surface area (Å²) < 4.78 is 53.4. The highest BCUT2D eigenvalue weighted by Crippen LogP contribution is 2.44. The molecule has 0 bridgehead atoms. The summed E-state index contributed by atoms with van der Waals surface area (Å²) in [5.41, 5.74) is 4.62. The zero-order valence-corrected chi connectivity index (χ0v) is 58.5. The minimum absolute atomic E-state index is 0.0632. The Morgan fingerprint density at radius 3 is 2.47 bits per heavy atom. The molecule has 29 heteroatoms. The molecule has 508 valence electrons. The predicted octanol–water partition coefficient (Wildman–Crippen LogP) is 8.65. The SMILES string of the molecule is CCN=c1cc2oc3cc(NCC)c(C)cc3c(-c3ccccc3C(=O)N(C)CCCC(=O)NCCNC(=O)c3cccc(OCC(OCCOCC(=O)NCC#Cc4cn([C@H]5CC(O[C@H](C)SSC)[C@@H](COP(=O)(O)O)O5)c(=O)[nH]c4=O)SSC(C)(C)C)c3)c-2cc1C. The molecule has 3 heterocycles. The number of ether oxygens (including phenoxy) is 5. The van der Waals surface area contributed by atoms with Gasteiger partial charge in [0.25, 0.3) is 17.4 Å². The molecule has 0 saturated carbocycles. The van der Waals surface area contributed by atoms with E-state index in [0.717, 1.165) is 55.4 Å². The molecule has 1 saturated heterocycles. The maximum absolute atomic E-state index is 14.3. The van der Waals surface area contributed by atoms with Crippen molar-refractivity contribution in [3.8, 4) is 40.0 Å². The van der Waals surface area contributed by atoms with Crippen LogP contribution < -0.4 is 42.6 Å². The van der Waals surface area contributed by atoms with Crippen LogP contribution in [0.25, 0.3) is 33.4 Å². The molecule has 94 heavy (non-hydrogen) atoms. The number of phosphoric acid groups is 1. The Balaban J connectivity index is 0.829. The van der Waals surface area contributed by atoms with Crippen molar-refractivity contribution in [3.05, 3.63) is 133 Å². The van der Waals surface area contributed by atoms with Crippen molar-refractivity contribution in [2.45, 2.75) is 109 Å². The zero-order chi connectivity index (χ0) is 68.1. The Morgan fingerprint density at radius 2 is 1.72 bits per heavy atom. The molecule has 1 fully saturated rings. The normalized spacial score (nSPS) is 15.7. The van der Waals surface area contributed by atoms with E-state index in [2.05, 4.69) is 82.4 Å². The summed E-state index contributed by atoms with van der Waals surface area (Å²) in [5.74, 6) is 5.19. The highest BCUT2D eigenvalue weighted by atomic mass is 33.1. The molecule has 3 aromatic carbocycles. The van der Waals surface area contributed by atoms with Crippen molar-refractivity contribution in [2.75, 3.05) is 90.9 Å².